The van der Waals surface area contributed by atoms with Crippen molar-refractivity contribution in [2.75, 3.05) is 6.54 Å². The molecule has 2 heterocycles. The summed E-state index contributed by atoms with van der Waals surface area (Å²) in [7, 11) is 0. The van der Waals surface area contributed by atoms with Crippen molar-refractivity contribution in [2.45, 2.75) is 13.0 Å². The minimum atomic E-state index is -0.749. The van der Waals surface area contributed by atoms with E-state index in [9.17, 15) is 19.2 Å². The van der Waals surface area contributed by atoms with Crippen LogP contribution in [0.5, 0.6) is 0 Å². The van der Waals surface area contributed by atoms with E-state index < -0.39 is 29.1 Å². The lowest BCUT2D eigenvalue weighted by Gasteiger charge is -2.14. The van der Waals surface area contributed by atoms with E-state index in [4.69, 9.17) is 8.83 Å². The van der Waals surface area contributed by atoms with Crippen molar-refractivity contribution in [2.24, 2.45) is 0 Å². The third kappa shape index (κ3) is 4.23. The normalized spacial score (nSPS) is 11.9. The molecule has 0 aliphatic carbocycles. The van der Waals surface area contributed by atoms with Gasteiger partial charge in [0, 0.05) is 23.4 Å². The number of hydrogen-bond acceptors (Lipinski definition) is 6. The number of para-hydroxylation sites is 2. The lowest BCUT2D eigenvalue weighted by atomic mass is 10.1. The van der Waals surface area contributed by atoms with Gasteiger partial charge in [0.25, 0.3) is 11.8 Å². The lowest BCUT2D eigenvalue weighted by molar-refractivity contribution is 0.0908. The Hall–Kier alpha value is -4.20. The van der Waals surface area contributed by atoms with Gasteiger partial charge < -0.3 is 19.5 Å². The molecule has 31 heavy (non-hydrogen) atoms. The predicted octanol–water partition coefficient (Wildman–Crippen LogP) is 2.45. The smallest absolute Gasteiger partial charge is 0.349 e. The van der Waals surface area contributed by atoms with Crippen LogP contribution in [0.15, 0.2) is 79.1 Å². The molecule has 0 fully saturated rings. The standard InChI is InChI=1S/C23H18N2O6/c1-13(25-21(27)17-11-15-7-3-5-9-19(15)31-23(17)29)12-24-20(26)16-10-14-6-2-4-8-18(14)30-22(16)28/h2-11,13H,12H2,1H3,(H,24,26)(H,25,27)/t13-/m1/s1. The van der Waals surface area contributed by atoms with Crippen LogP contribution in [-0.2, 0) is 0 Å². The number of rotatable bonds is 5. The van der Waals surface area contributed by atoms with Crippen LogP contribution in [0.2, 0.25) is 0 Å². The Morgan fingerprint density at radius 1 is 0.806 bits per heavy atom. The fraction of sp³-hybridized carbons (Fsp3) is 0.130. The summed E-state index contributed by atoms with van der Waals surface area (Å²) in [4.78, 5) is 49.1. The van der Waals surface area contributed by atoms with E-state index in [-0.39, 0.29) is 17.7 Å². The summed E-state index contributed by atoms with van der Waals surface area (Å²) < 4.78 is 10.3. The highest BCUT2D eigenvalue weighted by Crippen LogP contribution is 2.13. The van der Waals surface area contributed by atoms with Crippen molar-refractivity contribution in [3.8, 4) is 0 Å². The maximum atomic E-state index is 12.5. The Labute approximate surface area is 175 Å². The molecule has 0 unspecified atom stereocenters. The molecule has 0 saturated heterocycles. The maximum absolute atomic E-state index is 12.5. The van der Waals surface area contributed by atoms with E-state index in [1.807, 2.05) is 0 Å². The van der Waals surface area contributed by atoms with Crippen molar-refractivity contribution in [1.29, 1.82) is 0 Å². The lowest BCUT2D eigenvalue weighted by Crippen LogP contribution is -2.43. The number of benzene rings is 2. The first kappa shape index (κ1) is 20.1. The first-order chi connectivity index (χ1) is 14.9. The first-order valence-corrected chi connectivity index (χ1v) is 9.57. The quantitative estimate of drug-likeness (QED) is 0.481. The SMILES string of the molecule is C[C@H](CNC(=O)c1cc2ccccc2oc1=O)NC(=O)c1cc2ccccc2oc1=O. The van der Waals surface area contributed by atoms with Gasteiger partial charge in [0.2, 0.25) is 0 Å². The molecule has 0 spiro atoms. The summed E-state index contributed by atoms with van der Waals surface area (Å²) in [6.45, 7) is 1.69. The van der Waals surface area contributed by atoms with Crippen LogP contribution >= 0.6 is 0 Å². The topological polar surface area (TPSA) is 119 Å². The summed E-state index contributed by atoms with van der Waals surface area (Å²) in [6, 6.07) is 16.1. The largest absolute Gasteiger partial charge is 0.422 e. The molecular formula is C23H18N2O6. The molecule has 2 aromatic heterocycles. The van der Waals surface area contributed by atoms with E-state index in [0.29, 0.717) is 21.9 Å². The van der Waals surface area contributed by atoms with Gasteiger partial charge in [0.05, 0.1) is 0 Å². The molecule has 0 bridgehead atoms. The highest BCUT2D eigenvalue weighted by atomic mass is 16.4. The number of carbonyl (C=O) groups is 2. The molecule has 8 nitrogen and oxygen atoms in total. The minimum absolute atomic E-state index is 0.0375. The number of fused-ring (bicyclic) bond motifs is 2. The molecular weight excluding hydrogens is 400 g/mol. The first-order valence-electron chi connectivity index (χ1n) is 9.57. The van der Waals surface area contributed by atoms with Gasteiger partial charge in [0.15, 0.2) is 0 Å². The average molecular weight is 418 g/mol. The molecule has 0 saturated carbocycles. The number of hydrogen-bond donors (Lipinski definition) is 2. The Morgan fingerprint density at radius 3 is 1.84 bits per heavy atom. The Bertz CT molecular complexity index is 1420. The van der Waals surface area contributed by atoms with E-state index in [1.165, 1.54) is 12.1 Å². The van der Waals surface area contributed by atoms with Gasteiger partial charge in [-0.25, -0.2) is 9.59 Å². The summed E-state index contributed by atoms with van der Waals surface area (Å²) >= 11 is 0. The number of amides is 2. The molecule has 4 rings (SSSR count). The van der Waals surface area contributed by atoms with Crippen LogP contribution in [0, 0.1) is 0 Å². The van der Waals surface area contributed by atoms with Crippen molar-refractivity contribution >= 4 is 33.8 Å². The molecule has 2 aromatic carbocycles. The molecule has 8 heteroatoms. The maximum Gasteiger partial charge on any atom is 0.349 e. The van der Waals surface area contributed by atoms with Gasteiger partial charge in [-0.2, -0.15) is 0 Å². The summed E-state index contributed by atoms with van der Waals surface area (Å²) in [5.41, 5.74) is -0.986. The molecule has 2 amide bonds. The van der Waals surface area contributed by atoms with E-state index in [0.717, 1.165) is 0 Å². The van der Waals surface area contributed by atoms with Gasteiger partial charge in [-0.1, -0.05) is 36.4 Å². The zero-order valence-electron chi connectivity index (χ0n) is 16.5. The van der Waals surface area contributed by atoms with E-state index >= 15 is 0 Å². The van der Waals surface area contributed by atoms with Gasteiger partial charge in [-0.15, -0.1) is 0 Å². The fourth-order valence-electron chi connectivity index (χ4n) is 3.13. The Morgan fingerprint density at radius 2 is 1.29 bits per heavy atom. The monoisotopic (exact) mass is 418 g/mol. The highest BCUT2D eigenvalue weighted by Gasteiger charge is 2.18. The second kappa shape index (κ2) is 8.27. The van der Waals surface area contributed by atoms with Crippen LogP contribution in [0.4, 0.5) is 0 Å². The predicted molar refractivity (Wildman–Crippen MR) is 114 cm³/mol. The summed E-state index contributed by atoms with van der Waals surface area (Å²) in [5, 5.41) is 6.47. The fourth-order valence-corrected chi connectivity index (χ4v) is 3.13. The van der Waals surface area contributed by atoms with Crippen molar-refractivity contribution in [1.82, 2.24) is 10.6 Å². The molecule has 0 radical (unpaired) electrons. The zero-order chi connectivity index (χ0) is 22.0. The second-order valence-electron chi connectivity index (χ2n) is 7.06. The van der Waals surface area contributed by atoms with Gasteiger partial charge in [-0.05, 0) is 31.2 Å². The second-order valence-corrected chi connectivity index (χ2v) is 7.06. The van der Waals surface area contributed by atoms with Crippen LogP contribution in [-0.4, -0.2) is 24.4 Å². The van der Waals surface area contributed by atoms with Crippen molar-refractivity contribution in [3.63, 3.8) is 0 Å². The van der Waals surface area contributed by atoms with Crippen LogP contribution in [0.1, 0.15) is 27.6 Å². The summed E-state index contributed by atoms with van der Waals surface area (Å²) in [6.07, 6.45) is 0. The zero-order valence-corrected chi connectivity index (χ0v) is 16.5. The molecule has 156 valence electrons. The number of nitrogens with one attached hydrogen (secondary N) is 2. The Balaban J connectivity index is 1.43. The highest BCUT2D eigenvalue weighted by molar-refractivity contribution is 5.97. The minimum Gasteiger partial charge on any atom is -0.422 e. The van der Waals surface area contributed by atoms with Gasteiger partial charge in [-0.3, -0.25) is 9.59 Å². The molecule has 0 aliphatic heterocycles. The Kier molecular flexibility index (Phi) is 5.36. The van der Waals surface area contributed by atoms with E-state index in [1.54, 1.807) is 55.5 Å². The third-order valence-electron chi connectivity index (χ3n) is 4.72. The third-order valence-corrected chi connectivity index (χ3v) is 4.72. The van der Waals surface area contributed by atoms with Gasteiger partial charge >= 0.3 is 11.3 Å². The molecule has 1 atom stereocenters. The van der Waals surface area contributed by atoms with Crippen LogP contribution < -0.4 is 21.9 Å². The van der Waals surface area contributed by atoms with E-state index in [2.05, 4.69) is 10.6 Å². The molecule has 0 aliphatic rings. The number of carbonyl (C=O) groups excluding carboxylic acids is 2. The molecule has 2 N–H and O–H groups in total. The van der Waals surface area contributed by atoms with Crippen LogP contribution in [0.3, 0.4) is 0 Å². The molecule has 4 aromatic rings. The summed E-state index contributed by atoms with van der Waals surface area (Å²) in [5.74, 6) is -1.24. The van der Waals surface area contributed by atoms with Crippen LogP contribution in [0.25, 0.3) is 21.9 Å². The average Bonchev–Trinajstić information content (AvgIpc) is 2.76. The van der Waals surface area contributed by atoms with Crippen molar-refractivity contribution < 1.29 is 18.4 Å². The van der Waals surface area contributed by atoms with Gasteiger partial charge in [0.1, 0.15) is 22.3 Å². The van der Waals surface area contributed by atoms with Crippen molar-refractivity contribution in [3.05, 3.63) is 92.6 Å².